The second-order valence-electron chi connectivity index (χ2n) is 8.98. The smallest absolute Gasteiger partial charge is 0.243 e. The molecular weight excluding hydrogens is 425 g/mol. The number of Topliss-reactive ketones (excluding diaryl/α,β-unsaturated/α-hetero) is 1. The Hall–Kier alpha value is -4.05. The molecule has 0 bridgehead atoms. The van der Waals surface area contributed by atoms with E-state index in [1.165, 1.54) is 12.1 Å². The highest BCUT2D eigenvalue weighted by atomic mass is 19.1. The molecule has 0 radical (unpaired) electrons. The third kappa shape index (κ3) is 2.88. The van der Waals surface area contributed by atoms with Crippen molar-refractivity contribution in [1.82, 2.24) is 0 Å². The van der Waals surface area contributed by atoms with Gasteiger partial charge in [0.05, 0.1) is 6.54 Å². The lowest BCUT2D eigenvalue weighted by molar-refractivity contribution is -0.122. The number of carbonyl (C=O) groups is 2. The number of ketones is 1. The van der Waals surface area contributed by atoms with Crippen LogP contribution in [0.3, 0.4) is 0 Å². The van der Waals surface area contributed by atoms with Crippen LogP contribution >= 0.6 is 0 Å². The van der Waals surface area contributed by atoms with E-state index in [1.54, 1.807) is 12.1 Å². The first-order valence-corrected chi connectivity index (χ1v) is 11.4. The zero-order valence-corrected chi connectivity index (χ0v) is 18.4. The van der Waals surface area contributed by atoms with E-state index in [4.69, 9.17) is 0 Å². The highest BCUT2D eigenvalue weighted by molar-refractivity contribution is 6.15. The highest BCUT2D eigenvalue weighted by Gasteiger charge is 2.60. The summed E-state index contributed by atoms with van der Waals surface area (Å²) >= 11 is 0. The summed E-state index contributed by atoms with van der Waals surface area (Å²) in [6.45, 7) is 0.421. The van der Waals surface area contributed by atoms with Crippen LogP contribution in [0.15, 0.2) is 103 Å². The van der Waals surface area contributed by atoms with E-state index in [0.717, 1.165) is 16.8 Å². The number of halogens is 1. The molecular formula is C30H22FNO2. The van der Waals surface area contributed by atoms with E-state index in [-0.39, 0.29) is 23.9 Å². The molecule has 2 atom stereocenters. The lowest BCUT2D eigenvalue weighted by Crippen LogP contribution is -2.49. The summed E-state index contributed by atoms with van der Waals surface area (Å²) in [6, 6.07) is 31.4. The summed E-state index contributed by atoms with van der Waals surface area (Å²) in [5.41, 5.74) is 3.54. The topological polar surface area (TPSA) is 37.4 Å². The number of para-hydroxylation sites is 1. The van der Waals surface area contributed by atoms with E-state index in [2.05, 4.69) is 0 Å². The monoisotopic (exact) mass is 447 g/mol. The van der Waals surface area contributed by atoms with Crippen LogP contribution in [-0.2, 0) is 16.8 Å². The fourth-order valence-electron chi connectivity index (χ4n) is 5.80. The van der Waals surface area contributed by atoms with Crippen molar-refractivity contribution in [2.75, 3.05) is 4.90 Å². The highest BCUT2D eigenvalue weighted by Crippen LogP contribution is 2.58. The van der Waals surface area contributed by atoms with E-state index in [9.17, 15) is 14.0 Å². The minimum atomic E-state index is -1.11. The number of carbonyl (C=O) groups excluding carboxylic acids is 2. The molecule has 1 heterocycles. The van der Waals surface area contributed by atoms with Crippen LogP contribution in [0.25, 0.3) is 0 Å². The molecule has 0 unspecified atom stereocenters. The molecule has 4 heteroatoms. The zero-order valence-electron chi connectivity index (χ0n) is 18.4. The molecule has 1 aliphatic heterocycles. The van der Waals surface area contributed by atoms with Gasteiger partial charge in [0.1, 0.15) is 11.2 Å². The Balaban J connectivity index is 1.63. The molecule has 1 spiro atoms. The average molecular weight is 448 g/mol. The van der Waals surface area contributed by atoms with Gasteiger partial charge in [-0.15, -0.1) is 0 Å². The maximum Gasteiger partial charge on any atom is 0.243 e. The van der Waals surface area contributed by atoms with Gasteiger partial charge in [-0.25, -0.2) is 4.39 Å². The van der Waals surface area contributed by atoms with Crippen molar-refractivity contribution < 1.29 is 14.0 Å². The van der Waals surface area contributed by atoms with E-state index >= 15 is 0 Å². The number of nitrogens with zero attached hydrogens (tertiary/aromatic N) is 1. The quantitative estimate of drug-likeness (QED) is 0.385. The number of hydrogen-bond donors (Lipinski definition) is 0. The number of fused-ring (bicyclic) bond motifs is 4. The first kappa shape index (κ1) is 20.5. The van der Waals surface area contributed by atoms with Crippen LogP contribution in [0, 0.1) is 5.82 Å². The van der Waals surface area contributed by atoms with E-state index < -0.39 is 11.3 Å². The minimum Gasteiger partial charge on any atom is -0.307 e. The number of hydrogen-bond acceptors (Lipinski definition) is 2. The molecule has 0 saturated heterocycles. The van der Waals surface area contributed by atoms with E-state index in [1.807, 2.05) is 83.8 Å². The normalized spacial score (nSPS) is 21.0. The van der Waals surface area contributed by atoms with Crippen molar-refractivity contribution in [1.29, 1.82) is 0 Å². The van der Waals surface area contributed by atoms with Crippen molar-refractivity contribution >= 4 is 17.4 Å². The first-order valence-electron chi connectivity index (χ1n) is 11.4. The minimum absolute atomic E-state index is 0.0257. The van der Waals surface area contributed by atoms with Crippen molar-refractivity contribution in [3.05, 3.63) is 137 Å². The van der Waals surface area contributed by atoms with E-state index in [0.29, 0.717) is 23.2 Å². The molecule has 166 valence electrons. The van der Waals surface area contributed by atoms with Gasteiger partial charge in [-0.1, -0.05) is 84.9 Å². The summed E-state index contributed by atoms with van der Waals surface area (Å²) in [5, 5.41) is 0. The van der Waals surface area contributed by atoms with Gasteiger partial charge in [0.15, 0.2) is 5.78 Å². The van der Waals surface area contributed by atoms with Crippen LogP contribution in [0.5, 0.6) is 0 Å². The number of anilines is 1. The maximum absolute atomic E-state index is 14.6. The lowest BCUT2D eigenvalue weighted by Gasteiger charge is -2.41. The Morgan fingerprint density at radius 3 is 2.29 bits per heavy atom. The predicted octanol–water partition coefficient (Wildman–Crippen LogP) is 6.03. The van der Waals surface area contributed by atoms with Crippen LogP contribution in [0.4, 0.5) is 10.1 Å². The SMILES string of the molecule is O=C1C[C@@H](c2cccc(F)c2)[C@]2(C(=O)N(Cc3ccccc3)c3ccccc32)c2ccccc21. The third-order valence-corrected chi connectivity index (χ3v) is 7.20. The number of benzene rings is 4. The van der Waals surface area contributed by atoms with Crippen molar-refractivity contribution in [2.24, 2.45) is 0 Å². The van der Waals surface area contributed by atoms with Gasteiger partial charge in [-0.3, -0.25) is 9.59 Å². The standard InChI is InChI=1S/C30H22FNO2/c31-22-12-8-11-21(17-22)26-18-28(33)23-13-4-5-14-24(23)30(26)25-15-6-7-16-27(25)32(29(30)34)19-20-9-2-1-3-10-20/h1-17,26H,18-19H2/t26-,30-/m0/s1. The molecule has 0 N–H and O–H groups in total. The predicted molar refractivity (Wildman–Crippen MR) is 129 cm³/mol. The van der Waals surface area contributed by atoms with Crippen LogP contribution in [0.2, 0.25) is 0 Å². The van der Waals surface area contributed by atoms with Gasteiger partial charge in [-0.2, -0.15) is 0 Å². The summed E-state index contributed by atoms with van der Waals surface area (Å²) in [5.74, 6) is -0.993. The van der Waals surface area contributed by atoms with Gasteiger partial charge in [0.25, 0.3) is 0 Å². The maximum atomic E-state index is 14.6. The van der Waals surface area contributed by atoms with Gasteiger partial charge in [0.2, 0.25) is 5.91 Å². The second kappa shape index (κ2) is 7.77. The Morgan fingerprint density at radius 1 is 0.794 bits per heavy atom. The Morgan fingerprint density at radius 2 is 1.50 bits per heavy atom. The molecule has 34 heavy (non-hydrogen) atoms. The molecule has 2 aliphatic rings. The van der Waals surface area contributed by atoms with Crippen LogP contribution < -0.4 is 4.90 Å². The molecule has 4 aromatic carbocycles. The van der Waals surface area contributed by atoms with Gasteiger partial charge >= 0.3 is 0 Å². The summed E-state index contributed by atoms with van der Waals surface area (Å²) in [7, 11) is 0. The third-order valence-electron chi connectivity index (χ3n) is 7.20. The molecule has 0 fully saturated rings. The number of rotatable bonds is 3. The van der Waals surface area contributed by atoms with Gasteiger partial charge in [0, 0.05) is 23.6 Å². The first-order chi connectivity index (χ1) is 16.6. The average Bonchev–Trinajstić information content (AvgIpc) is 3.11. The Labute approximate surface area is 197 Å². The summed E-state index contributed by atoms with van der Waals surface area (Å²) in [4.78, 5) is 29.7. The fraction of sp³-hybridized carbons (Fsp3) is 0.133. The Bertz CT molecular complexity index is 1430. The zero-order chi connectivity index (χ0) is 23.3. The second-order valence-corrected chi connectivity index (χ2v) is 8.98. The summed E-state index contributed by atoms with van der Waals surface area (Å²) in [6.07, 6.45) is 0.139. The fourth-order valence-corrected chi connectivity index (χ4v) is 5.80. The number of amides is 1. The van der Waals surface area contributed by atoms with Crippen LogP contribution in [0.1, 0.15) is 45.0 Å². The van der Waals surface area contributed by atoms with Gasteiger partial charge in [-0.05, 0) is 40.5 Å². The lowest BCUT2D eigenvalue weighted by atomic mass is 9.58. The molecule has 1 amide bonds. The van der Waals surface area contributed by atoms with Gasteiger partial charge < -0.3 is 4.90 Å². The molecule has 0 aromatic heterocycles. The van der Waals surface area contributed by atoms with Crippen molar-refractivity contribution in [2.45, 2.75) is 24.3 Å². The largest absolute Gasteiger partial charge is 0.307 e. The van der Waals surface area contributed by atoms with Crippen molar-refractivity contribution in [3.8, 4) is 0 Å². The summed E-state index contributed by atoms with van der Waals surface area (Å²) < 4.78 is 14.4. The molecule has 4 aromatic rings. The molecule has 0 saturated carbocycles. The Kier molecular flexibility index (Phi) is 4.70. The molecule has 1 aliphatic carbocycles. The van der Waals surface area contributed by atoms with Crippen molar-refractivity contribution in [3.63, 3.8) is 0 Å². The van der Waals surface area contributed by atoms with Crippen LogP contribution in [-0.4, -0.2) is 11.7 Å². The molecule has 3 nitrogen and oxygen atoms in total. The molecule has 6 rings (SSSR count).